The second-order valence-electron chi connectivity index (χ2n) is 7.06. The van der Waals surface area contributed by atoms with Gasteiger partial charge in [0, 0.05) is 38.4 Å². The van der Waals surface area contributed by atoms with Gasteiger partial charge in [-0.3, -0.25) is 4.98 Å². The maximum atomic E-state index is 4.66. The fourth-order valence-electron chi connectivity index (χ4n) is 3.33. The minimum Gasteiger partial charge on any atom is -0.369 e. The van der Waals surface area contributed by atoms with Gasteiger partial charge in [-0.05, 0) is 36.9 Å². The zero-order chi connectivity index (χ0) is 17.9. The number of benzene rings is 2. The van der Waals surface area contributed by atoms with Gasteiger partial charge in [0.15, 0.2) is 0 Å². The Bertz CT molecular complexity index is 906. The molecule has 0 aliphatic carbocycles. The third kappa shape index (κ3) is 3.80. The van der Waals surface area contributed by atoms with Crippen LogP contribution in [-0.2, 0) is 6.54 Å². The molecule has 6 heteroatoms. The molecule has 1 aliphatic heterocycles. The first-order valence-electron chi connectivity index (χ1n) is 9.17. The Morgan fingerprint density at radius 2 is 1.88 bits per heavy atom. The molecule has 1 aromatic heterocycles. The van der Waals surface area contributed by atoms with Crippen LogP contribution in [0.25, 0.3) is 11.0 Å². The Morgan fingerprint density at radius 3 is 2.73 bits per heavy atom. The molecule has 0 atom stereocenters. The van der Waals surface area contributed by atoms with Crippen molar-refractivity contribution in [2.24, 2.45) is 0 Å². The highest BCUT2D eigenvalue weighted by molar-refractivity contribution is 6.33. The van der Waals surface area contributed by atoms with Crippen LogP contribution in [0.5, 0.6) is 0 Å². The summed E-state index contributed by atoms with van der Waals surface area (Å²) in [6.45, 7) is 5.16. The van der Waals surface area contributed by atoms with Crippen LogP contribution in [0.3, 0.4) is 0 Å². The van der Waals surface area contributed by atoms with Gasteiger partial charge in [0.25, 0.3) is 0 Å². The van der Waals surface area contributed by atoms with Gasteiger partial charge in [-0.2, -0.15) is 0 Å². The van der Waals surface area contributed by atoms with Gasteiger partial charge in [0.2, 0.25) is 0 Å². The molecular formula is C20H24BN5. The van der Waals surface area contributed by atoms with E-state index in [9.17, 15) is 0 Å². The number of hydrogen-bond donors (Lipinski definition) is 1. The van der Waals surface area contributed by atoms with Gasteiger partial charge in [-0.25, -0.2) is 4.98 Å². The number of aromatic nitrogens is 2. The van der Waals surface area contributed by atoms with E-state index in [1.165, 1.54) is 16.7 Å². The summed E-state index contributed by atoms with van der Waals surface area (Å²) in [5, 5.41) is 3.40. The molecule has 2 aromatic carbocycles. The minimum atomic E-state index is 0.744. The molecule has 26 heavy (non-hydrogen) atoms. The number of nitrogens with one attached hydrogen (secondary N) is 1. The predicted octanol–water partition coefficient (Wildman–Crippen LogP) is 1.25. The van der Waals surface area contributed by atoms with Crippen molar-refractivity contribution in [2.75, 3.05) is 43.4 Å². The average Bonchev–Trinajstić information content (AvgIpc) is 2.67. The second kappa shape index (κ2) is 7.34. The van der Waals surface area contributed by atoms with Gasteiger partial charge in [0.1, 0.15) is 13.7 Å². The summed E-state index contributed by atoms with van der Waals surface area (Å²) in [5.41, 5.74) is 5.62. The zero-order valence-corrected chi connectivity index (χ0v) is 15.4. The molecule has 0 unspecified atom stereocenters. The second-order valence-corrected chi connectivity index (χ2v) is 7.06. The molecule has 2 heterocycles. The lowest BCUT2D eigenvalue weighted by atomic mass is 9.96. The first-order chi connectivity index (χ1) is 12.7. The van der Waals surface area contributed by atoms with Crippen LogP contribution in [0.4, 0.5) is 11.5 Å². The Hall–Kier alpha value is -2.60. The molecule has 132 valence electrons. The molecule has 4 rings (SSSR count). The Labute approximate surface area is 155 Å². The van der Waals surface area contributed by atoms with Crippen molar-refractivity contribution in [1.29, 1.82) is 0 Å². The normalized spacial score (nSPS) is 15.3. The van der Waals surface area contributed by atoms with Crippen LogP contribution in [0.2, 0.25) is 0 Å². The molecule has 1 N–H and O–H groups in total. The molecule has 5 nitrogen and oxygen atoms in total. The first-order valence-corrected chi connectivity index (χ1v) is 9.17. The minimum absolute atomic E-state index is 0.744. The van der Waals surface area contributed by atoms with Crippen molar-refractivity contribution < 1.29 is 0 Å². The lowest BCUT2D eigenvalue weighted by Gasteiger charge is -2.34. The Morgan fingerprint density at radius 1 is 1.04 bits per heavy atom. The van der Waals surface area contributed by atoms with E-state index in [-0.39, 0.29) is 0 Å². The Balaban J connectivity index is 1.44. The van der Waals surface area contributed by atoms with Gasteiger partial charge < -0.3 is 15.1 Å². The molecule has 0 bridgehead atoms. The maximum Gasteiger partial charge on any atom is 0.145 e. The van der Waals surface area contributed by atoms with Crippen molar-refractivity contribution >= 4 is 35.8 Å². The Kier molecular flexibility index (Phi) is 4.76. The molecule has 1 aliphatic rings. The van der Waals surface area contributed by atoms with Gasteiger partial charge >= 0.3 is 0 Å². The highest BCUT2D eigenvalue weighted by Gasteiger charge is 2.14. The molecule has 0 amide bonds. The fraction of sp³-hybridized carbons (Fsp3) is 0.300. The molecule has 1 fully saturated rings. The molecule has 3 aromatic rings. The zero-order valence-electron chi connectivity index (χ0n) is 15.4. The van der Waals surface area contributed by atoms with Crippen LogP contribution in [-0.4, -0.2) is 55.9 Å². The van der Waals surface area contributed by atoms with Crippen molar-refractivity contribution in [3.05, 3.63) is 54.2 Å². The van der Waals surface area contributed by atoms with Crippen LogP contribution in [0, 0.1) is 0 Å². The van der Waals surface area contributed by atoms with E-state index in [0.717, 1.165) is 49.6 Å². The summed E-state index contributed by atoms with van der Waals surface area (Å²) in [4.78, 5) is 14.0. The number of fused-ring (bicyclic) bond motifs is 1. The van der Waals surface area contributed by atoms with Gasteiger partial charge in [0.05, 0.1) is 17.2 Å². The van der Waals surface area contributed by atoms with Crippen molar-refractivity contribution in [3.63, 3.8) is 0 Å². The van der Waals surface area contributed by atoms with Crippen LogP contribution < -0.4 is 15.7 Å². The summed E-state index contributed by atoms with van der Waals surface area (Å²) >= 11 is 0. The summed E-state index contributed by atoms with van der Waals surface area (Å²) in [6, 6.07) is 14.9. The molecule has 0 spiro atoms. The molecule has 0 radical (unpaired) electrons. The van der Waals surface area contributed by atoms with Crippen LogP contribution in [0.15, 0.2) is 48.7 Å². The number of piperazine rings is 1. The number of rotatable bonds is 4. The maximum absolute atomic E-state index is 4.66. The monoisotopic (exact) mass is 345 g/mol. The molecular weight excluding hydrogens is 321 g/mol. The smallest absolute Gasteiger partial charge is 0.145 e. The topological polar surface area (TPSA) is 44.3 Å². The standard InChI is InChI=1S/C20H24BN5/c1-25-7-9-26(10-8-25)17-4-2-3-15(11-17)13-23-20-14-22-19-12-16(21)5-6-18(19)24-20/h2-6,11-12,14H,7-10,13,21H2,1H3,(H,23,24). The summed E-state index contributed by atoms with van der Waals surface area (Å²) < 4.78 is 0. The quantitative estimate of drug-likeness (QED) is 0.721. The lowest BCUT2D eigenvalue weighted by molar-refractivity contribution is 0.313. The number of anilines is 2. The van der Waals surface area contributed by atoms with Crippen LogP contribution in [0.1, 0.15) is 5.56 Å². The van der Waals surface area contributed by atoms with Crippen molar-refractivity contribution in [1.82, 2.24) is 14.9 Å². The van der Waals surface area contributed by atoms with E-state index in [1.54, 1.807) is 0 Å². The average molecular weight is 345 g/mol. The largest absolute Gasteiger partial charge is 0.369 e. The summed E-state index contributed by atoms with van der Waals surface area (Å²) in [7, 11) is 4.25. The third-order valence-corrected chi connectivity index (χ3v) is 4.95. The van der Waals surface area contributed by atoms with Crippen molar-refractivity contribution in [2.45, 2.75) is 6.54 Å². The van der Waals surface area contributed by atoms with Gasteiger partial charge in [-0.15, -0.1) is 0 Å². The third-order valence-electron chi connectivity index (χ3n) is 4.95. The van der Waals surface area contributed by atoms with E-state index in [4.69, 9.17) is 0 Å². The van der Waals surface area contributed by atoms with E-state index >= 15 is 0 Å². The lowest BCUT2D eigenvalue weighted by Crippen LogP contribution is -2.44. The first kappa shape index (κ1) is 16.9. The highest BCUT2D eigenvalue weighted by atomic mass is 15.2. The molecule has 1 saturated heterocycles. The summed E-state index contributed by atoms with van der Waals surface area (Å²) in [6.07, 6.45) is 1.81. The fourth-order valence-corrected chi connectivity index (χ4v) is 3.33. The van der Waals surface area contributed by atoms with E-state index < -0.39 is 0 Å². The van der Waals surface area contributed by atoms with Gasteiger partial charge in [-0.1, -0.05) is 23.7 Å². The van der Waals surface area contributed by atoms with Crippen LogP contribution >= 0.6 is 0 Å². The highest BCUT2D eigenvalue weighted by Crippen LogP contribution is 2.19. The van der Waals surface area contributed by atoms with E-state index in [1.807, 2.05) is 12.3 Å². The molecule has 0 saturated carbocycles. The number of hydrogen-bond acceptors (Lipinski definition) is 5. The van der Waals surface area contributed by atoms with E-state index in [2.05, 4.69) is 76.4 Å². The summed E-state index contributed by atoms with van der Waals surface area (Å²) in [5.74, 6) is 0.811. The number of nitrogens with zero attached hydrogens (tertiary/aromatic N) is 4. The SMILES string of the molecule is Bc1ccc2nc(NCc3cccc(N4CCN(C)CC4)c3)cnc2c1. The predicted molar refractivity (Wildman–Crippen MR) is 111 cm³/mol. The van der Waals surface area contributed by atoms with E-state index in [0.29, 0.717) is 0 Å². The number of likely N-dealkylation sites (N-methyl/N-ethyl adjacent to an activating group) is 1. The van der Waals surface area contributed by atoms with Crippen molar-refractivity contribution in [3.8, 4) is 0 Å².